The van der Waals surface area contributed by atoms with E-state index in [9.17, 15) is 4.79 Å². The fraction of sp³-hybridized carbons (Fsp3) is 0.400. The van der Waals surface area contributed by atoms with Gasteiger partial charge >= 0.3 is 0 Å². The van der Waals surface area contributed by atoms with Crippen molar-refractivity contribution in [2.45, 2.75) is 38.6 Å². The lowest BCUT2D eigenvalue weighted by atomic mass is 10.0. The first-order valence-electron chi connectivity index (χ1n) is 8.98. The van der Waals surface area contributed by atoms with Gasteiger partial charge in [-0.2, -0.15) is 5.10 Å². The Bertz CT molecular complexity index is 975. The third kappa shape index (κ3) is 2.75. The maximum Gasteiger partial charge on any atom is 0.254 e. The molecule has 1 saturated carbocycles. The van der Waals surface area contributed by atoms with E-state index in [0.29, 0.717) is 11.5 Å². The van der Waals surface area contributed by atoms with Gasteiger partial charge in [0.05, 0.1) is 22.7 Å². The van der Waals surface area contributed by atoms with Crippen molar-refractivity contribution in [2.24, 2.45) is 7.05 Å². The second-order valence-corrected chi connectivity index (χ2v) is 7.15. The van der Waals surface area contributed by atoms with Crippen molar-refractivity contribution in [3.05, 3.63) is 53.1 Å². The minimum absolute atomic E-state index is 0.00764. The number of pyridine rings is 2. The van der Waals surface area contributed by atoms with Crippen LogP contribution in [0.1, 0.15) is 59.0 Å². The van der Waals surface area contributed by atoms with E-state index >= 15 is 0 Å². The Kier molecular flexibility index (Phi) is 3.98. The molecule has 1 aliphatic rings. The van der Waals surface area contributed by atoms with Gasteiger partial charge in [0.15, 0.2) is 5.65 Å². The van der Waals surface area contributed by atoms with E-state index in [4.69, 9.17) is 4.98 Å². The van der Waals surface area contributed by atoms with Gasteiger partial charge in [0.2, 0.25) is 0 Å². The van der Waals surface area contributed by atoms with E-state index in [0.717, 1.165) is 40.8 Å². The fourth-order valence-electron chi connectivity index (χ4n) is 3.43. The summed E-state index contributed by atoms with van der Waals surface area (Å²) in [5.41, 5.74) is 4.34. The van der Waals surface area contributed by atoms with Crippen LogP contribution in [0.25, 0.3) is 11.0 Å². The van der Waals surface area contributed by atoms with Crippen molar-refractivity contribution in [1.82, 2.24) is 24.6 Å². The van der Waals surface area contributed by atoms with Gasteiger partial charge in [0.25, 0.3) is 5.91 Å². The Labute approximate surface area is 152 Å². The summed E-state index contributed by atoms with van der Waals surface area (Å²) in [5, 5.41) is 5.34. The molecule has 3 aromatic rings. The molecule has 3 aromatic heterocycles. The Morgan fingerprint density at radius 2 is 2.15 bits per heavy atom. The first-order valence-corrected chi connectivity index (χ1v) is 8.98. The number of carbonyl (C=O) groups excluding carboxylic acids is 1. The molecular weight excluding hydrogens is 326 g/mol. The second-order valence-electron chi connectivity index (χ2n) is 7.15. The topological polar surface area (TPSA) is 63.9 Å². The lowest BCUT2D eigenvalue weighted by Crippen LogP contribution is -2.30. The number of aryl methyl sites for hydroxylation is 2. The fourth-order valence-corrected chi connectivity index (χ4v) is 3.43. The molecule has 4 rings (SSSR count). The zero-order valence-electron chi connectivity index (χ0n) is 15.6. The highest BCUT2D eigenvalue weighted by Gasteiger charge is 2.30. The molecule has 0 aliphatic heterocycles. The van der Waals surface area contributed by atoms with Crippen LogP contribution in [0.2, 0.25) is 0 Å². The minimum atomic E-state index is -0.0687. The molecular formula is C20H23N5O. The van der Waals surface area contributed by atoms with E-state index in [1.165, 1.54) is 0 Å². The molecule has 0 aromatic carbocycles. The summed E-state index contributed by atoms with van der Waals surface area (Å²) < 4.78 is 1.78. The average Bonchev–Trinajstić information content (AvgIpc) is 3.47. The van der Waals surface area contributed by atoms with E-state index in [2.05, 4.69) is 10.1 Å². The highest BCUT2D eigenvalue weighted by Crippen LogP contribution is 2.40. The highest BCUT2D eigenvalue weighted by atomic mass is 16.2. The molecule has 1 fully saturated rings. The average molecular weight is 349 g/mol. The Morgan fingerprint density at radius 1 is 1.38 bits per heavy atom. The number of aromatic nitrogens is 4. The zero-order chi connectivity index (χ0) is 18.4. The van der Waals surface area contributed by atoms with Crippen molar-refractivity contribution >= 4 is 16.9 Å². The summed E-state index contributed by atoms with van der Waals surface area (Å²) in [7, 11) is 3.73. The van der Waals surface area contributed by atoms with Crippen LogP contribution in [0, 0.1) is 6.92 Å². The largest absolute Gasteiger partial charge is 0.335 e. The lowest BCUT2D eigenvalue weighted by Gasteiger charge is -2.25. The molecule has 1 aliphatic carbocycles. The van der Waals surface area contributed by atoms with Crippen LogP contribution in [0.5, 0.6) is 0 Å². The summed E-state index contributed by atoms with van der Waals surface area (Å²) in [6, 6.07) is 5.80. The van der Waals surface area contributed by atoms with Gasteiger partial charge < -0.3 is 4.90 Å². The molecule has 26 heavy (non-hydrogen) atoms. The van der Waals surface area contributed by atoms with Crippen LogP contribution in [0.4, 0.5) is 0 Å². The van der Waals surface area contributed by atoms with Crippen molar-refractivity contribution in [3.63, 3.8) is 0 Å². The second kappa shape index (κ2) is 6.20. The molecule has 6 nitrogen and oxygen atoms in total. The Morgan fingerprint density at radius 3 is 2.81 bits per heavy atom. The summed E-state index contributed by atoms with van der Waals surface area (Å²) in [5.74, 6) is 0.467. The molecule has 0 radical (unpaired) electrons. The maximum atomic E-state index is 13.4. The molecule has 1 amide bonds. The van der Waals surface area contributed by atoms with Gasteiger partial charge in [-0.1, -0.05) is 6.07 Å². The minimum Gasteiger partial charge on any atom is -0.335 e. The number of nitrogens with zero attached hydrogens (tertiary/aromatic N) is 5. The van der Waals surface area contributed by atoms with E-state index in [1.807, 2.05) is 52.3 Å². The lowest BCUT2D eigenvalue weighted by molar-refractivity contribution is 0.0744. The quantitative estimate of drug-likeness (QED) is 0.724. The van der Waals surface area contributed by atoms with Crippen LogP contribution >= 0.6 is 0 Å². The Hall–Kier alpha value is -2.76. The third-order valence-electron chi connectivity index (χ3n) is 5.28. The monoisotopic (exact) mass is 349 g/mol. The SMILES string of the molecule is Cc1nn(C)c2nc(C3CC3)cc(C(=O)N(C)C(C)c3cccnc3)c12. The summed E-state index contributed by atoms with van der Waals surface area (Å²) in [6.07, 6.45) is 5.84. The molecule has 0 N–H and O–H groups in total. The van der Waals surface area contributed by atoms with Crippen LogP contribution in [0.15, 0.2) is 30.6 Å². The number of hydrogen-bond donors (Lipinski definition) is 0. The van der Waals surface area contributed by atoms with Gasteiger partial charge in [0, 0.05) is 38.1 Å². The molecule has 1 atom stereocenters. The van der Waals surface area contributed by atoms with Crippen LogP contribution in [-0.4, -0.2) is 37.6 Å². The first-order chi connectivity index (χ1) is 12.5. The van der Waals surface area contributed by atoms with E-state index in [-0.39, 0.29) is 11.9 Å². The van der Waals surface area contributed by atoms with Crippen LogP contribution < -0.4 is 0 Å². The van der Waals surface area contributed by atoms with E-state index < -0.39 is 0 Å². The molecule has 3 heterocycles. The van der Waals surface area contributed by atoms with Gasteiger partial charge in [-0.15, -0.1) is 0 Å². The summed E-state index contributed by atoms with van der Waals surface area (Å²) in [4.78, 5) is 24.1. The van der Waals surface area contributed by atoms with Gasteiger partial charge in [-0.25, -0.2) is 4.98 Å². The predicted molar refractivity (Wildman–Crippen MR) is 100.0 cm³/mol. The zero-order valence-corrected chi connectivity index (χ0v) is 15.6. The van der Waals surface area contributed by atoms with Crippen molar-refractivity contribution in [3.8, 4) is 0 Å². The number of rotatable bonds is 4. The van der Waals surface area contributed by atoms with Crippen molar-refractivity contribution in [2.75, 3.05) is 7.05 Å². The van der Waals surface area contributed by atoms with Crippen LogP contribution in [0.3, 0.4) is 0 Å². The molecule has 1 unspecified atom stereocenters. The van der Waals surface area contributed by atoms with E-state index in [1.54, 1.807) is 15.8 Å². The summed E-state index contributed by atoms with van der Waals surface area (Å²) >= 11 is 0. The third-order valence-corrected chi connectivity index (χ3v) is 5.28. The first kappa shape index (κ1) is 16.7. The maximum absolute atomic E-state index is 13.4. The molecule has 134 valence electrons. The van der Waals surface area contributed by atoms with Gasteiger partial charge in [0.1, 0.15) is 0 Å². The number of amides is 1. The molecule has 0 saturated heterocycles. The Balaban J connectivity index is 1.78. The molecule has 0 spiro atoms. The normalized spacial score (nSPS) is 15.2. The number of hydrogen-bond acceptors (Lipinski definition) is 4. The standard InChI is InChI=1S/C20H23N5O/c1-12-18-16(10-17(14-7-8-14)22-19(18)25(4)23-12)20(26)24(3)13(2)15-6-5-9-21-11-15/h5-6,9-11,13-14H,7-8H2,1-4H3. The predicted octanol–water partition coefficient (Wildman–Crippen LogP) is 3.38. The highest BCUT2D eigenvalue weighted by molar-refractivity contribution is 6.06. The smallest absolute Gasteiger partial charge is 0.254 e. The van der Waals surface area contributed by atoms with Gasteiger partial charge in [-0.3, -0.25) is 14.5 Å². The molecule has 6 heteroatoms. The number of fused-ring (bicyclic) bond motifs is 1. The van der Waals surface area contributed by atoms with Crippen molar-refractivity contribution in [1.29, 1.82) is 0 Å². The van der Waals surface area contributed by atoms with Crippen LogP contribution in [-0.2, 0) is 7.05 Å². The van der Waals surface area contributed by atoms with Crippen molar-refractivity contribution < 1.29 is 4.79 Å². The molecule has 0 bridgehead atoms. The van der Waals surface area contributed by atoms with Gasteiger partial charge in [-0.05, 0) is 44.4 Å². The number of carbonyl (C=O) groups is 1. The summed E-state index contributed by atoms with van der Waals surface area (Å²) in [6.45, 7) is 3.95.